The normalized spacial score (nSPS) is 13.4. The van der Waals surface area contributed by atoms with Crippen molar-refractivity contribution in [2.45, 2.75) is 45.9 Å². The number of rotatable bonds is 6. The molecule has 0 spiro atoms. The zero-order valence-electron chi connectivity index (χ0n) is 9.91. The third kappa shape index (κ3) is 3.89. The van der Waals surface area contributed by atoms with E-state index >= 15 is 0 Å². The van der Waals surface area contributed by atoms with E-state index in [1.807, 2.05) is 6.20 Å². The van der Waals surface area contributed by atoms with Gasteiger partial charge in [0.1, 0.15) is 11.1 Å². The predicted octanol–water partition coefficient (Wildman–Crippen LogP) is 2.74. The van der Waals surface area contributed by atoms with E-state index in [1.165, 1.54) is 4.88 Å². The average molecular weight is 228 g/mol. The van der Waals surface area contributed by atoms with E-state index < -0.39 is 0 Å². The van der Waals surface area contributed by atoms with E-state index in [1.54, 1.807) is 18.4 Å². The highest BCUT2D eigenvalue weighted by molar-refractivity contribution is 7.11. The maximum atomic E-state index is 5.35. The van der Waals surface area contributed by atoms with E-state index in [4.69, 9.17) is 4.74 Å². The summed E-state index contributed by atoms with van der Waals surface area (Å²) in [6, 6.07) is 0.514. The van der Waals surface area contributed by atoms with Crippen LogP contribution in [0.15, 0.2) is 6.20 Å². The average Bonchev–Trinajstić information content (AvgIpc) is 2.65. The second-order valence-corrected chi connectivity index (χ2v) is 4.98. The van der Waals surface area contributed by atoms with Crippen LogP contribution in [0, 0.1) is 0 Å². The van der Waals surface area contributed by atoms with E-state index in [9.17, 15) is 0 Å². The van der Waals surface area contributed by atoms with E-state index in [-0.39, 0.29) is 6.10 Å². The Morgan fingerprint density at radius 3 is 2.80 bits per heavy atom. The molecular formula is C11H20N2OS. The summed E-state index contributed by atoms with van der Waals surface area (Å²) in [5.41, 5.74) is 0. The molecule has 0 aliphatic rings. The van der Waals surface area contributed by atoms with Gasteiger partial charge in [0, 0.05) is 30.8 Å². The molecule has 0 saturated carbocycles. The van der Waals surface area contributed by atoms with Crippen molar-refractivity contribution in [3.63, 3.8) is 0 Å². The molecule has 0 radical (unpaired) electrons. The number of nitrogens with zero attached hydrogens (tertiary/aromatic N) is 1. The molecule has 0 saturated heterocycles. The Morgan fingerprint density at radius 1 is 1.53 bits per heavy atom. The molecule has 0 aliphatic heterocycles. The summed E-state index contributed by atoms with van der Waals surface area (Å²) in [6.45, 7) is 7.30. The molecule has 86 valence electrons. The maximum absolute atomic E-state index is 5.35. The lowest BCUT2D eigenvalue weighted by atomic mass is 10.3. The summed E-state index contributed by atoms with van der Waals surface area (Å²) < 4.78 is 5.35. The van der Waals surface area contributed by atoms with E-state index in [0.717, 1.165) is 18.0 Å². The summed E-state index contributed by atoms with van der Waals surface area (Å²) in [5, 5.41) is 4.46. The van der Waals surface area contributed by atoms with Crippen LogP contribution in [-0.4, -0.2) is 18.1 Å². The van der Waals surface area contributed by atoms with Gasteiger partial charge in [-0.3, -0.25) is 0 Å². The molecule has 1 unspecified atom stereocenters. The number of ether oxygens (including phenoxy) is 1. The molecule has 1 aromatic heterocycles. The Labute approximate surface area is 95.9 Å². The third-order valence-corrected chi connectivity index (χ3v) is 3.28. The molecule has 0 fully saturated rings. The van der Waals surface area contributed by atoms with Crippen molar-refractivity contribution >= 4 is 11.3 Å². The Kier molecular flexibility index (Phi) is 5.22. The predicted molar refractivity (Wildman–Crippen MR) is 64.1 cm³/mol. The molecule has 4 heteroatoms. The van der Waals surface area contributed by atoms with Gasteiger partial charge < -0.3 is 10.1 Å². The van der Waals surface area contributed by atoms with Crippen LogP contribution < -0.4 is 5.32 Å². The summed E-state index contributed by atoms with van der Waals surface area (Å²) in [6.07, 6.45) is 3.07. The second-order valence-electron chi connectivity index (χ2n) is 3.83. The largest absolute Gasteiger partial charge is 0.374 e. The fraction of sp³-hybridized carbons (Fsp3) is 0.727. The Balaban J connectivity index is 2.55. The number of hydrogen-bond acceptors (Lipinski definition) is 4. The second kappa shape index (κ2) is 6.20. The van der Waals surface area contributed by atoms with Crippen LogP contribution in [0.1, 0.15) is 43.2 Å². The van der Waals surface area contributed by atoms with Crippen LogP contribution in [-0.2, 0) is 11.3 Å². The lowest BCUT2D eigenvalue weighted by Crippen LogP contribution is -2.21. The minimum atomic E-state index is 0.155. The molecule has 15 heavy (non-hydrogen) atoms. The lowest BCUT2D eigenvalue weighted by molar-refractivity contribution is 0.0998. The van der Waals surface area contributed by atoms with Crippen molar-refractivity contribution in [2.75, 3.05) is 7.11 Å². The smallest absolute Gasteiger partial charge is 0.122 e. The molecule has 0 aromatic carbocycles. The molecule has 0 bridgehead atoms. The number of thiazole rings is 1. The Hall–Kier alpha value is -0.450. The summed E-state index contributed by atoms with van der Waals surface area (Å²) in [7, 11) is 1.74. The van der Waals surface area contributed by atoms with Crippen LogP contribution >= 0.6 is 11.3 Å². The fourth-order valence-corrected chi connectivity index (χ4v) is 2.33. The molecule has 3 nitrogen and oxygen atoms in total. The monoisotopic (exact) mass is 228 g/mol. The zero-order chi connectivity index (χ0) is 11.3. The van der Waals surface area contributed by atoms with Crippen LogP contribution in [0.5, 0.6) is 0 Å². The quantitative estimate of drug-likeness (QED) is 0.813. The molecule has 1 aromatic rings. The zero-order valence-corrected chi connectivity index (χ0v) is 10.7. The molecule has 1 heterocycles. The molecule has 1 N–H and O–H groups in total. The first-order chi connectivity index (χ1) is 7.17. The lowest BCUT2D eigenvalue weighted by Gasteiger charge is -2.08. The van der Waals surface area contributed by atoms with Crippen molar-refractivity contribution in [1.82, 2.24) is 10.3 Å². The first-order valence-corrected chi connectivity index (χ1v) is 6.19. The minimum Gasteiger partial charge on any atom is -0.374 e. The van der Waals surface area contributed by atoms with Gasteiger partial charge in [-0.1, -0.05) is 20.8 Å². The van der Waals surface area contributed by atoms with Gasteiger partial charge in [0.25, 0.3) is 0 Å². The molecular weight excluding hydrogens is 208 g/mol. The van der Waals surface area contributed by atoms with E-state index in [2.05, 4.69) is 31.1 Å². The van der Waals surface area contributed by atoms with Gasteiger partial charge >= 0.3 is 0 Å². The van der Waals surface area contributed by atoms with Gasteiger partial charge in [0.05, 0.1) is 0 Å². The van der Waals surface area contributed by atoms with Gasteiger partial charge in [-0.25, -0.2) is 4.98 Å². The van der Waals surface area contributed by atoms with Crippen LogP contribution in [0.4, 0.5) is 0 Å². The summed E-state index contributed by atoms with van der Waals surface area (Å²) >= 11 is 1.73. The van der Waals surface area contributed by atoms with Crippen LogP contribution in [0.25, 0.3) is 0 Å². The van der Waals surface area contributed by atoms with Crippen molar-refractivity contribution in [3.05, 3.63) is 16.1 Å². The van der Waals surface area contributed by atoms with Crippen molar-refractivity contribution in [2.24, 2.45) is 0 Å². The Morgan fingerprint density at radius 2 is 2.27 bits per heavy atom. The first kappa shape index (κ1) is 12.6. The first-order valence-electron chi connectivity index (χ1n) is 5.38. The maximum Gasteiger partial charge on any atom is 0.122 e. The highest BCUT2D eigenvalue weighted by atomic mass is 32.1. The minimum absolute atomic E-state index is 0.155. The Bertz CT molecular complexity index is 282. The topological polar surface area (TPSA) is 34.1 Å². The molecule has 0 amide bonds. The number of methoxy groups -OCH3 is 1. The standard InChI is InChI=1S/C11H20N2OS/c1-5-10(14-4)11-13-7-9(15-11)6-12-8(2)3/h7-8,10,12H,5-6H2,1-4H3. The van der Waals surface area contributed by atoms with Gasteiger partial charge in [0.2, 0.25) is 0 Å². The van der Waals surface area contributed by atoms with Crippen molar-refractivity contribution in [3.8, 4) is 0 Å². The third-order valence-electron chi connectivity index (χ3n) is 2.19. The van der Waals surface area contributed by atoms with Crippen LogP contribution in [0.2, 0.25) is 0 Å². The van der Waals surface area contributed by atoms with E-state index in [0.29, 0.717) is 6.04 Å². The summed E-state index contributed by atoms with van der Waals surface area (Å²) in [5.74, 6) is 0. The molecule has 1 rings (SSSR count). The molecule has 0 aliphatic carbocycles. The number of aromatic nitrogens is 1. The highest BCUT2D eigenvalue weighted by Gasteiger charge is 2.12. The van der Waals surface area contributed by atoms with Gasteiger partial charge in [-0.15, -0.1) is 11.3 Å². The number of nitrogens with one attached hydrogen (secondary N) is 1. The number of hydrogen-bond donors (Lipinski definition) is 1. The summed E-state index contributed by atoms with van der Waals surface area (Å²) in [4.78, 5) is 5.66. The van der Waals surface area contributed by atoms with Crippen molar-refractivity contribution in [1.29, 1.82) is 0 Å². The van der Waals surface area contributed by atoms with Crippen molar-refractivity contribution < 1.29 is 4.74 Å². The van der Waals surface area contributed by atoms with Gasteiger partial charge in [-0.05, 0) is 6.42 Å². The fourth-order valence-electron chi connectivity index (χ4n) is 1.30. The molecule has 1 atom stereocenters. The van der Waals surface area contributed by atoms with Gasteiger partial charge in [0.15, 0.2) is 0 Å². The highest BCUT2D eigenvalue weighted by Crippen LogP contribution is 2.24. The van der Waals surface area contributed by atoms with Crippen LogP contribution in [0.3, 0.4) is 0 Å². The van der Waals surface area contributed by atoms with Gasteiger partial charge in [-0.2, -0.15) is 0 Å². The SMILES string of the molecule is CCC(OC)c1ncc(CNC(C)C)s1.